The average molecular weight is 501 g/mol. The fourth-order valence-corrected chi connectivity index (χ4v) is 3.91. The van der Waals surface area contributed by atoms with Crippen molar-refractivity contribution in [3.63, 3.8) is 0 Å². The zero-order chi connectivity index (χ0) is 26.2. The van der Waals surface area contributed by atoms with Gasteiger partial charge in [-0.3, -0.25) is 4.79 Å². The molecule has 3 amide bonds. The molecule has 0 fully saturated rings. The topological polar surface area (TPSA) is 92.7 Å². The minimum atomic E-state index is -0.475. The number of carbonyl (C=O) groups excluding carboxylic acids is 2. The third-order valence-electron chi connectivity index (χ3n) is 5.73. The maximum Gasteiger partial charge on any atom is 0.318 e. The number of hydrazone groups is 1. The van der Waals surface area contributed by atoms with E-state index in [1.165, 1.54) is 29.2 Å². The first-order valence-corrected chi connectivity index (χ1v) is 11.7. The number of rotatable bonds is 10. The Labute approximate surface area is 210 Å². The van der Waals surface area contributed by atoms with Crippen LogP contribution in [0.25, 0.3) is 0 Å². The molecule has 0 saturated heterocycles. The van der Waals surface area contributed by atoms with Crippen molar-refractivity contribution in [1.82, 2.24) is 15.2 Å². The normalized spacial score (nSPS) is 15.0. The Hall–Kier alpha value is -3.66. The van der Waals surface area contributed by atoms with Crippen molar-refractivity contribution in [1.29, 1.82) is 0 Å². The van der Waals surface area contributed by atoms with Crippen LogP contribution >= 0.6 is 0 Å². The van der Waals surface area contributed by atoms with Crippen LogP contribution in [0.3, 0.4) is 0 Å². The summed E-state index contributed by atoms with van der Waals surface area (Å²) in [6.45, 7) is 4.00. The van der Waals surface area contributed by atoms with Gasteiger partial charge in [-0.2, -0.15) is 5.10 Å². The van der Waals surface area contributed by atoms with Crippen molar-refractivity contribution >= 4 is 17.6 Å². The third kappa shape index (κ3) is 6.51. The first-order valence-electron chi connectivity index (χ1n) is 11.7. The first kappa shape index (κ1) is 26.9. The molecule has 9 nitrogen and oxygen atoms in total. The highest BCUT2D eigenvalue weighted by Crippen LogP contribution is 2.36. The van der Waals surface area contributed by atoms with Gasteiger partial charge in [-0.25, -0.2) is 14.2 Å². The van der Waals surface area contributed by atoms with Crippen LogP contribution in [0.1, 0.15) is 37.4 Å². The van der Waals surface area contributed by atoms with E-state index >= 15 is 0 Å². The van der Waals surface area contributed by atoms with Crippen molar-refractivity contribution in [2.45, 2.75) is 32.4 Å². The number of ether oxygens (including phenoxy) is 3. The van der Waals surface area contributed by atoms with Gasteiger partial charge in [0.15, 0.2) is 0 Å². The van der Waals surface area contributed by atoms with Crippen LogP contribution in [0, 0.1) is 5.82 Å². The SMILES string of the molecule is COCCN(CC(=O)N1N=C(c2ccc(OC)cc2OC)CC1c1ccc(F)cc1)C(=O)NC(C)C. The summed E-state index contributed by atoms with van der Waals surface area (Å²) < 4.78 is 29.6. The number of hydrogen-bond donors (Lipinski definition) is 1. The largest absolute Gasteiger partial charge is 0.497 e. The van der Waals surface area contributed by atoms with E-state index < -0.39 is 6.04 Å². The minimum Gasteiger partial charge on any atom is -0.497 e. The molecule has 0 saturated carbocycles. The number of urea groups is 1. The smallest absolute Gasteiger partial charge is 0.318 e. The number of halogens is 1. The molecule has 36 heavy (non-hydrogen) atoms. The van der Waals surface area contributed by atoms with E-state index in [0.717, 1.165) is 11.1 Å². The highest BCUT2D eigenvalue weighted by atomic mass is 19.1. The summed E-state index contributed by atoms with van der Waals surface area (Å²) in [7, 11) is 4.65. The van der Waals surface area contributed by atoms with Crippen LogP contribution < -0.4 is 14.8 Å². The Morgan fingerprint density at radius 1 is 1.14 bits per heavy atom. The maximum atomic E-state index is 13.6. The summed E-state index contributed by atoms with van der Waals surface area (Å²) in [6.07, 6.45) is 0.385. The number of amides is 3. The molecule has 3 rings (SSSR count). The summed E-state index contributed by atoms with van der Waals surface area (Å²) >= 11 is 0. The van der Waals surface area contributed by atoms with Gasteiger partial charge in [0.05, 0.1) is 32.6 Å². The second-order valence-electron chi connectivity index (χ2n) is 8.64. The van der Waals surface area contributed by atoms with Gasteiger partial charge in [0.25, 0.3) is 5.91 Å². The van der Waals surface area contributed by atoms with E-state index in [1.54, 1.807) is 38.5 Å². The predicted octanol–water partition coefficient (Wildman–Crippen LogP) is 3.59. The molecule has 10 heteroatoms. The lowest BCUT2D eigenvalue weighted by atomic mass is 9.97. The van der Waals surface area contributed by atoms with Gasteiger partial charge in [-0.1, -0.05) is 12.1 Å². The van der Waals surface area contributed by atoms with Crippen LogP contribution in [-0.2, 0) is 9.53 Å². The molecule has 0 spiro atoms. The van der Waals surface area contributed by atoms with Crippen molar-refractivity contribution in [2.24, 2.45) is 5.10 Å². The standard InChI is InChI=1S/C26H33FN4O5/c1-17(2)28-26(33)30(12-13-34-3)16-25(32)31-23(18-6-8-19(27)9-7-18)15-22(29-31)21-11-10-20(35-4)14-24(21)36-5/h6-11,14,17,23H,12-13,15-16H2,1-5H3,(H,28,33). The van der Waals surface area contributed by atoms with Crippen molar-refractivity contribution in [3.8, 4) is 11.5 Å². The fourth-order valence-electron chi connectivity index (χ4n) is 3.91. The van der Waals surface area contributed by atoms with Crippen LogP contribution in [0.5, 0.6) is 11.5 Å². The lowest BCUT2D eigenvalue weighted by Gasteiger charge is -2.27. The zero-order valence-electron chi connectivity index (χ0n) is 21.3. The Morgan fingerprint density at radius 3 is 2.47 bits per heavy atom. The monoisotopic (exact) mass is 500 g/mol. The van der Waals surface area contributed by atoms with Gasteiger partial charge in [-0.15, -0.1) is 0 Å². The van der Waals surface area contributed by atoms with Crippen LogP contribution in [-0.4, -0.2) is 74.6 Å². The molecule has 1 aliphatic rings. The summed E-state index contributed by atoms with van der Waals surface area (Å²) in [4.78, 5) is 27.6. The van der Waals surface area contributed by atoms with Crippen LogP contribution in [0.2, 0.25) is 0 Å². The summed E-state index contributed by atoms with van der Waals surface area (Å²) in [6, 6.07) is 10.4. The highest BCUT2D eigenvalue weighted by molar-refractivity contribution is 6.05. The Bertz CT molecular complexity index is 1090. The average Bonchev–Trinajstić information content (AvgIpc) is 3.31. The molecular formula is C26H33FN4O5. The van der Waals surface area contributed by atoms with E-state index in [2.05, 4.69) is 10.4 Å². The third-order valence-corrected chi connectivity index (χ3v) is 5.73. The van der Waals surface area contributed by atoms with E-state index in [1.807, 2.05) is 19.9 Å². The Balaban J connectivity index is 1.94. The molecule has 0 aromatic heterocycles. The van der Waals surface area contributed by atoms with Gasteiger partial charge < -0.3 is 24.4 Å². The number of nitrogens with one attached hydrogen (secondary N) is 1. The minimum absolute atomic E-state index is 0.0939. The second-order valence-corrected chi connectivity index (χ2v) is 8.64. The Morgan fingerprint density at radius 2 is 1.86 bits per heavy atom. The van der Waals surface area contributed by atoms with E-state index in [9.17, 15) is 14.0 Å². The molecule has 1 unspecified atom stereocenters. The fraction of sp³-hybridized carbons (Fsp3) is 0.423. The number of benzene rings is 2. The summed E-state index contributed by atoms with van der Waals surface area (Å²) in [5, 5.41) is 8.83. The Kier molecular flexibility index (Phi) is 9.24. The van der Waals surface area contributed by atoms with Gasteiger partial charge in [0.1, 0.15) is 23.9 Å². The van der Waals surface area contributed by atoms with E-state index in [-0.39, 0.29) is 43.5 Å². The van der Waals surface area contributed by atoms with Crippen molar-refractivity contribution in [3.05, 3.63) is 59.4 Å². The van der Waals surface area contributed by atoms with Crippen LogP contribution in [0.15, 0.2) is 47.6 Å². The quantitative estimate of drug-likeness (QED) is 0.538. The van der Waals surface area contributed by atoms with Crippen molar-refractivity contribution < 1.29 is 28.2 Å². The van der Waals surface area contributed by atoms with E-state index in [0.29, 0.717) is 23.6 Å². The molecule has 0 aliphatic carbocycles. The molecule has 2 aromatic rings. The molecule has 194 valence electrons. The molecule has 0 bridgehead atoms. The molecular weight excluding hydrogens is 467 g/mol. The molecule has 1 heterocycles. The molecule has 1 N–H and O–H groups in total. The van der Waals surface area contributed by atoms with Gasteiger partial charge >= 0.3 is 6.03 Å². The lowest BCUT2D eigenvalue weighted by molar-refractivity contribution is -0.133. The van der Waals surface area contributed by atoms with Crippen molar-refractivity contribution in [2.75, 3.05) is 41.0 Å². The predicted molar refractivity (Wildman–Crippen MR) is 134 cm³/mol. The van der Waals surface area contributed by atoms with Gasteiger partial charge in [0, 0.05) is 37.7 Å². The van der Waals surface area contributed by atoms with E-state index in [4.69, 9.17) is 14.2 Å². The maximum absolute atomic E-state index is 13.6. The molecule has 0 radical (unpaired) electrons. The number of carbonyl (C=O) groups is 2. The number of nitrogens with zero attached hydrogens (tertiary/aromatic N) is 3. The zero-order valence-corrected chi connectivity index (χ0v) is 21.3. The number of hydrogen-bond acceptors (Lipinski definition) is 6. The molecule has 2 aromatic carbocycles. The molecule has 1 atom stereocenters. The van der Waals surface area contributed by atoms with Gasteiger partial charge in [0.2, 0.25) is 0 Å². The second kappa shape index (κ2) is 12.3. The summed E-state index contributed by atoms with van der Waals surface area (Å²) in [5.41, 5.74) is 2.08. The molecule has 1 aliphatic heterocycles. The number of methoxy groups -OCH3 is 3. The lowest BCUT2D eigenvalue weighted by Crippen LogP contribution is -2.48. The first-order chi connectivity index (χ1) is 17.3. The summed E-state index contributed by atoms with van der Waals surface area (Å²) in [5.74, 6) is 0.436. The highest BCUT2D eigenvalue weighted by Gasteiger charge is 2.35. The van der Waals surface area contributed by atoms with Crippen LogP contribution in [0.4, 0.5) is 9.18 Å². The van der Waals surface area contributed by atoms with Gasteiger partial charge in [-0.05, 0) is 43.7 Å².